The summed E-state index contributed by atoms with van der Waals surface area (Å²) in [5.74, 6) is 0.697. The van der Waals surface area contributed by atoms with E-state index in [1.54, 1.807) is 67.1 Å². The molecule has 0 aliphatic rings. The third-order valence-corrected chi connectivity index (χ3v) is 5.91. The van der Waals surface area contributed by atoms with Gasteiger partial charge in [-0.15, -0.1) is 0 Å². The van der Waals surface area contributed by atoms with Crippen LogP contribution in [0.2, 0.25) is 5.02 Å². The van der Waals surface area contributed by atoms with Crippen molar-refractivity contribution in [1.82, 2.24) is 19.5 Å². The summed E-state index contributed by atoms with van der Waals surface area (Å²) in [6.45, 7) is 0.0286. The van der Waals surface area contributed by atoms with E-state index in [1.165, 1.54) is 0 Å². The van der Waals surface area contributed by atoms with E-state index in [-0.39, 0.29) is 29.1 Å². The first-order chi connectivity index (χ1) is 17.3. The lowest BCUT2D eigenvalue weighted by atomic mass is 9.99. The Morgan fingerprint density at radius 1 is 0.944 bits per heavy atom. The highest BCUT2D eigenvalue weighted by atomic mass is 35.5. The Morgan fingerprint density at radius 2 is 1.69 bits per heavy atom. The normalized spacial score (nSPS) is 11.3. The van der Waals surface area contributed by atoms with E-state index in [0.29, 0.717) is 16.9 Å². The van der Waals surface area contributed by atoms with Crippen LogP contribution in [0.5, 0.6) is 0 Å². The Bertz CT molecular complexity index is 1460. The van der Waals surface area contributed by atoms with Gasteiger partial charge in [0.15, 0.2) is 0 Å². The van der Waals surface area contributed by atoms with E-state index in [4.69, 9.17) is 16.7 Å². The average molecular weight is 511 g/mol. The molecule has 1 N–H and O–H groups in total. The van der Waals surface area contributed by atoms with Crippen LogP contribution in [-0.2, 0) is 26.3 Å². The molecule has 0 aliphatic heterocycles. The van der Waals surface area contributed by atoms with Crippen LogP contribution in [0, 0.1) is 0 Å². The van der Waals surface area contributed by atoms with Crippen molar-refractivity contribution in [2.24, 2.45) is 7.05 Å². The minimum atomic E-state index is -4.60. The molecule has 0 atom stereocenters. The highest BCUT2D eigenvalue weighted by Gasteiger charge is 2.37. The largest absolute Gasteiger partial charge is 0.433 e. The number of aromatic nitrogens is 4. The predicted octanol–water partition coefficient (Wildman–Crippen LogP) is 6.47. The van der Waals surface area contributed by atoms with Crippen LogP contribution >= 0.6 is 11.6 Å². The zero-order valence-electron chi connectivity index (χ0n) is 19.2. The van der Waals surface area contributed by atoms with Gasteiger partial charge in [0.25, 0.3) is 0 Å². The molecule has 0 saturated heterocycles. The molecular weight excluding hydrogens is 489 g/mol. The SMILES string of the molecule is Cn1ccnc1-c1ccc2nc(C(F)(F)F)c(Cc3ccccc3)c(Cl)c2c1.OCc1ccccn1. The number of pyridine rings is 2. The van der Waals surface area contributed by atoms with Crippen molar-refractivity contribution in [2.75, 3.05) is 0 Å². The van der Waals surface area contributed by atoms with Gasteiger partial charge >= 0.3 is 6.18 Å². The number of aliphatic hydroxyl groups excluding tert-OH is 1. The molecular formula is C27H22ClF3N4O. The van der Waals surface area contributed by atoms with Crippen LogP contribution in [0.1, 0.15) is 22.5 Å². The van der Waals surface area contributed by atoms with Crippen molar-refractivity contribution in [2.45, 2.75) is 19.2 Å². The molecule has 5 aromatic rings. The number of imidazole rings is 1. The first kappa shape index (κ1) is 25.3. The summed E-state index contributed by atoms with van der Waals surface area (Å²) in [7, 11) is 1.85. The molecule has 0 amide bonds. The smallest absolute Gasteiger partial charge is 0.390 e. The van der Waals surface area contributed by atoms with E-state index in [9.17, 15) is 13.2 Å². The minimum Gasteiger partial charge on any atom is -0.390 e. The summed E-state index contributed by atoms with van der Waals surface area (Å²) in [4.78, 5) is 12.0. The Kier molecular flexibility index (Phi) is 7.67. The molecule has 0 fully saturated rings. The van der Waals surface area contributed by atoms with Gasteiger partial charge in [-0.1, -0.05) is 48.0 Å². The number of benzene rings is 2. The molecule has 9 heteroatoms. The number of hydrogen-bond donors (Lipinski definition) is 1. The molecule has 184 valence electrons. The monoisotopic (exact) mass is 510 g/mol. The van der Waals surface area contributed by atoms with Crippen LogP contribution in [0.3, 0.4) is 0 Å². The molecule has 0 aliphatic carbocycles. The number of nitrogens with zero attached hydrogens (tertiary/aromatic N) is 4. The first-order valence-corrected chi connectivity index (χ1v) is 11.4. The second-order valence-electron chi connectivity index (χ2n) is 7.99. The molecule has 0 spiro atoms. The number of alkyl halides is 3. The zero-order chi connectivity index (χ0) is 25.7. The number of halogens is 4. The predicted molar refractivity (Wildman–Crippen MR) is 133 cm³/mol. The van der Waals surface area contributed by atoms with E-state index in [1.807, 2.05) is 29.8 Å². The molecule has 0 bridgehead atoms. The molecule has 3 aromatic heterocycles. The van der Waals surface area contributed by atoms with Gasteiger partial charge in [-0.2, -0.15) is 13.2 Å². The van der Waals surface area contributed by atoms with Crippen LogP contribution < -0.4 is 0 Å². The van der Waals surface area contributed by atoms with Crippen molar-refractivity contribution < 1.29 is 18.3 Å². The van der Waals surface area contributed by atoms with E-state index in [0.717, 1.165) is 11.1 Å². The summed E-state index contributed by atoms with van der Waals surface area (Å²) in [6, 6.07) is 19.3. The number of hydrogen-bond acceptors (Lipinski definition) is 4. The van der Waals surface area contributed by atoms with Crippen molar-refractivity contribution in [3.63, 3.8) is 0 Å². The Labute approximate surface area is 210 Å². The fraction of sp³-hybridized carbons (Fsp3) is 0.148. The first-order valence-electron chi connectivity index (χ1n) is 11.0. The van der Waals surface area contributed by atoms with E-state index >= 15 is 0 Å². The molecule has 36 heavy (non-hydrogen) atoms. The van der Waals surface area contributed by atoms with Gasteiger partial charge in [0.2, 0.25) is 0 Å². The van der Waals surface area contributed by atoms with Gasteiger partial charge in [0.1, 0.15) is 11.5 Å². The standard InChI is InChI=1S/C21H15ClF3N3.C6H7NO/c1-28-10-9-26-20(28)14-7-8-17-15(12-14)18(22)16(19(27-17)21(23,24)25)11-13-5-3-2-4-6-13;8-5-6-3-1-2-4-7-6/h2-10,12H,11H2,1H3;1-4,8H,5H2. The molecule has 0 unspecified atom stereocenters. The highest BCUT2D eigenvalue weighted by Crippen LogP contribution is 2.39. The van der Waals surface area contributed by atoms with Crippen molar-refractivity contribution >= 4 is 22.5 Å². The van der Waals surface area contributed by atoms with Gasteiger partial charge in [-0.3, -0.25) is 4.98 Å². The summed E-state index contributed by atoms with van der Waals surface area (Å²) in [6.07, 6.45) is 0.565. The third kappa shape index (κ3) is 5.72. The maximum atomic E-state index is 13.7. The topological polar surface area (TPSA) is 63.8 Å². The van der Waals surface area contributed by atoms with Gasteiger partial charge < -0.3 is 9.67 Å². The summed E-state index contributed by atoms with van der Waals surface area (Å²) >= 11 is 6.51. The fourth-order valence-corrected chi connectivity index (χ4v) is 4.04. The number of fused-ring (bicyclic) bond motifs is 1. The van der Waals surface area contributed by atoms with Gasteiger partial charge in [-0.05, 0) is 35.9 Å². The summed E-state index contributed by atoms with van der Waals surface area (Å²) in [5.41, 5.74) is 1.44. The van der Waals surface area contributed by atoms with E-state index in [2.05, 4.69) is 15.0 Å². The van der Waals surface area contributed by atoms with Crippen molar-refractivity contribution in [3.05, 3.63) is 113 Å². The van der Waals surface area contributed by atoms with E-state index < -0.39 is 11.9 Å². The molecule has 5 nitrogen and oxygen atoms in total. The molecule has 2 aromatic carbocycles. The molecule has 0 radical (unpaired) electrons. The molecule has 5 rings (SSSR count). The van der Waals surface area contributed by atoms with Crippen LogP contribution in [0.4, 0.5) is 13.2 Å². The van der Waals surface area contributed by atoms with Gasteiger partial charge in [-0.25, -0.2) is 9.97 Å². The molecule has 3 heterocycles. The van der Waals surface area contributed by atoms with Gasteiger partial charge in [0, 0.05) is 48.6 Å². The second-order valence-corrected chi connectivity index (χ2v) is 8.36. The zero-order valence-corrected chi connectivity index (χ0v) is 20.0. The summed E-state index contributed by atoms with van der Waals surface area (Å²) in [5, 5.41) is 9.02. The van der Waals surface area contributed by atoms with Gasteiger partial charge in [0.05, 0.1) is 22.8 Å². The number of aryl methyl sites for hydroxylation is 1. The quantitative estimate of drug-likeness (QED) is 0.301. The lowest BCUT2D eigenvalue weighted by Crippen LogP contribution is -2.13. The average Bonchev–Trinajstić information content (AvgIpc) is 3.32. The Morgan fingerprint density at radius 3 is 2.28 bits per heavy atom. The highest BCUT2D eigenvalue weighted by molar-refractivity contribution is 6.36. The van der Waals surface area contributed by atoms with Crippen LogP contribution in [0.25, 0.3) is 22.3 Å². The Balaban J connectivity index is 0.000000325. The molecule has 0 saturated carbocycles. The maximum absolute atomic E-state index is 13.7. The third-order valence-electron chi connectivity index (χ3n) is 5.48. The second kappa shape index (κ2) is 10.9. The maximum Gasteiger partial charge on any atom is 0.433 e. The lowest BCUT2D eigenvalue weighted by molar-refractivity contribution is -0.141. The van der Waals surface area contributed by atoms with Crippen molar-refractivity contribution in [1.29, 1.82) is 0 Å². The fourth-order valence-electron chi connectivity index (χ4n) is 3.73. The van der Waals surface area contributed by atoms with Crippen LogP contribution in [0.15, 0.2) is 85.3 Å². The lowest BCUT2D eigenvalue weighted by Gasteiger charge is -2.16. The Hall–Kier alpha value is -3.75. The summed E-state index contributed by atoms with van der Waals surface area (Å²) < 4.78 is 42.9. The number of rotatable bonds is 4. The van der Waals surface area contributed by atoms with Crippen LogP contribution in [-0.4, -0.2) is 24.6 Å². The van der Waals surface area contributed by atoms with Crippen molar-refractivity contribution in [3.8, 4) is 11.4 Å². The minimum absolute atomic E-state index is 0.0233. The number of aliphatic hydroxyl groups is 1.